The van der Waals surface area contributed by atoms with Crippen molar-refractivity contribution < 1.29 is 19.1 Å². The summed E-state index contributed by atoms with van der Waals surface area (Å²) in [6.45, 7) is 1.40. The zero-order chi connectivity index (χ0) is 19.9. The van der Waals surface area contributed by atoms with Gasteiger partial charge in [0.1, 0.15) is 5.75 Å². The number of thiophene rings is 1. The molecule has 3 amide bonds. The first kappa shape index (κ1) is 19.9. The third kappa shape index (κ3) is 5.32. The van der Waals surface area contributed by atoms with E-state index in [1.165, 1.54) is 11.3 Å². The van der Waals surface area contributed by atoms with Gasteiger partial charge in [0.25, 0.3) is 5.91 Å². The van der Waals surface area contributed by atoms with Gasteiger partial charge < -0.3 is 20.7 Å². The first-order valence-corrected chi connectivity index (χ1v) is 10.1. The van der Waals surface area contributed by atoms with Crippen LogP contribution in [0, 0.1) is 5.92 Å². The minimum absolute atomic E-state index is 0.0365. The van der Waals surface area contributed by atoms with Crippen molar-refractivity contribution in [3.05, 3.63) is 46.7 Å². The number of benzene rings is 1. The van der Waals surface area contributed by atoms with Crippen LogP contribution in [0.1, 0.15) is 28.9 Å². The summed E-state index contributed by atoms with van der Waals surface area (Å²) in [5.41, 5.74) is 5.75. The molecule has 1 aromatic carbocycles. The predicted molar refractivity (Wildman–Crippen MR) is 107 cm³/mol. The summed E-state index contributed by atoms with van der Waals surface area (Å²) < 4.78 is 5.41. The lowest BCUT2D eigenvalue weighted by Crippen LogP contribution is -2.41. The van der Waals surface area contributed by atoms with Gasteiger partial charge >= 0.3 is 0 Å². The first-order chi connectivity index (χ1) is 13.5. The lowest BCUT2D eigenvalue weighted by atomic mass is 9.95. The molecule has 2 aromatic rings. The molecule has 1 aliphatic rings. The lowest BCUT2D eigenvalue weighted by Gasteiger charge is -2.31. The van der Waals surface area contributed by atoms with Gasteiger partial charge in [-0.1, -0.05) is 6.07 Å². The molecule has 0 saturated carbocycles. The van der Waals surface area contributed by atoms with Gasteiger partial charge in [-0.2, -0.15) is 0 Å². The largest absolute Gasteiger partial charge is 0.493 e. The molecule has 8 heteroatoms. The highest BCUT2D eigenvalue weighted by Crippen LogP contribution is 2.23. The van der Waals surface area contributed by atoms with Crippen LogP contribution in [0.4, 0.5) is 5.69 Å². The number of amides is 3. The summed E-state index contributed by atoms with van der Waals surface area (Å²) in [7, 11) is 0. The van der Waals surface area contributed by atoms with Crippen LogP contribution >= 0.6 is 11.3 Å². The van der Waals surface area contributed by atoms with E-state index < -0.39 is 5.91 Å². The van der Waals surface area contributed by atoms with Gasteiger partial charge in [-0.15, -0.1) is 11.3 Å². The number of anilines is 1. The average molecular weight is 401 g/mol. The summed E-state index contributed by atoms with van der Waals surface area (Å²) in [5.74, 6) is 0.0944. The quantitative estimate of drug-likeness (QED) is 0.744. The number of carbonyl (C=O) groups excluding carboxylic acids is 3. The molecule has 0 atom stereocenters. The number of hydrogen-bond donors (Lipinski definition) is 2. The van der Waals surface area contributed by atoms with E-state index in [1.807, 2.05) is 22.4 Å². The van der Waals surface area contributed by atoms with E-state index in [4.69, 9.17) is 10.5 Å². The van der Waals surface area contributed by atoms with Crippen LogP contribution in [0.25, 0.3) is 0 Å². The number of rotatable bonds is 7. The van der Waals surface area contributed by atoms with Gasteiger partial charge in [0.15, 0.2) is 0 Å². The number of piperidine rings is 1. The summed E-state index contributed by atoms with van der Waals surface area (Å²) in [5, 5.41) is 4.81. The van der Waals surface area contributed by atoms with Crippen LogP contribution in [0.5, 0.6) is 5.75 Å². The highest BCUT2D eigenvalue weighted by Gasteiger charge is 2.28. The van der Waals surface area contributed by atoms with Gasteiger partial charge in [0, 0.05) is 24.7 Å². The number of carbonyl (C=O) groups is 3. The third-order valence-corrected chi connectivity index (χ3v) is 5.48. The SMILES string of the molecule is NC(=O)CCOc1ccc(NC(=O)C2CCN(C(=O)c3cccs3)CC2)cc1. The number of ether oxygens (including phenoxy) is 1. The summed E-state index contributed by atoms with van der Waals surface area (Å²) in [6, 6.07) is 10.7. The van der Waals surface area contributed by atoms with Crippen molar-refractivity contribution >= 4 is 34.7 Å². The molecule has 7 nitrogen and oxygen atoms in total. The minimum atomic E-state index is -0.410. The zero-order valence-electron chi connectivity index (χ0n) is 15.4. The van der Waals surface area contributed by atoms with Crippen molar-refractivity contribution in [1.29, 1.82) is 0 Å². The number of likely N-dealkylation sites (tertiary alicyclic amines) is 1. The molecule has 1 saturated heterocycles. The normalized spacial score (nSPS) is 14.5. The number of hydrogen-bond acceptors (Lipinski definition) is 5. The number of nitrogens with one attached hydrogen (secondary N) is 1. The van der Waals surface area contributed by atoms with Crippen LogP contribution in [0.15, 0.2) is 41.8 Å². The standard InChI is InChI=1S/C20H23N3O4S/c21-18(24)9-12-27-16-5-3-15(4-6-16)22-19(25)14-7-10-23(11-8-14)20(26)17-2-1-13-28-17/h1-6,13-14H,7-12H2,(H2,21,24)(H,22,25). The highest BCUT2D eigenvalue weighted by molar-refractivity contribution is 7.12. The molecule has 1 aliphatic heterocycles. The number of primary amides is 1. The molecule has 0 aliphatic carbocycles. The highest BCUT2D eigenvalue weighted by atomic mass is 32.1. The van der Waals surface area contributed by atoms with E-state index in [1.54, 1.807) is 24.3 Å². The van der Waals surface area contributed by atoms with E-state index in [2.05, 4.69) is 5.32 Å². The fraction of sp³-hybridized carbons (Fsp3) is 0.350. The molecule has 3 N–H and O–H groups in total. The molecular weight excluding hydrogens is 378 g/mol. The van der Waals surface area contributed by atoms with Crippen LogP contribution in [-0.4, -0.2) is 42.3 Å². The average Bonchev–Trinajstić information content (AvgIpc) is 3.23. The Morgan fingerprint density at radius 1 is 1.14 bits per heavy atom. The van der Waals surface area contributed by atoms with Crippen LogP contribution in [0.2, 0.25) is 0 Å². The van der Waals surface area contributed by atoms with Gasteiger partial charge in [-0.3, -0.25) is 14.4 Å². The lowest BCUT2D eigenvalue weighted by molar-refractivity contribution is -0.121. The Bertz CT molecular complexity index is 812. The van der Waals surface area contributed by atoms with E-state index >= 15 is 0 Å². The first-order valence-electron chi connectivity index (χ1n) is 9.18. The minimum Gasteiger partial charge on any atom is -0.493 e. The molecular formula is C20H23N3O4S. The Kier molecular flexibility index (Phi) is 6.65. The monoisotopic (exact) mass is 401 g/mol. The van der Waals surface area contributed by atoms with Gasteiger partial charge in [-0.25, -0.2) is 0 Å². The fourth-order valence-corrected chi connectivity index (χ4v) is 3.74. The zero-order valence-corrected chi connectivity index (χ0v) is 16.2. The Labute approximate surface area is 167 Å². The smallest absolute Gasteiger partial charge is 0.263 e. The second-order valence-corrected chi connectivity index (χ2v) is 7.57. The topological polar surface area (TPSA) is 102 Å². The molecule has 1 aromatic heterocycles. The van der Waals surface area contributed by atoms with Gasteiger partial charge in [-0.05, 0) is 48.6 Å². The molecule has 0 radical (unpaired) electrons. The van der Waals surface area contributed by atoms with Crippen LogP contribution < -0.4 is 15.8 Å². The maximum Gasteiger partial charge on any atom is 0.263 e. The van der Waals surface area contributed by atoms with Gasteiger partial charge in [0.05, 0.1) is 17.9 Å². The second-order valence-electron chi connectivity index (χ2n) is 6.62. The maximum absolute atomic E-state index is 12.5. The van der Waals surface area contributed by atoms with E-state index in [-0.39, 0.29) is 30.8 Å². The van der Waals surface area contributed by atoms with Crippen LogP contribution in [-0.2, 0) is 9.59 Å². The Balaban J connectivity index is 1.45. The molecule has 0 spiro atoms. The molecule has 2 heterocycles. The van der Waals surface area contributed by atoms with Crippen molar-refractivity contribution in [2.24, 2.45) is 11.7 Å². The predicted octanol–water partition coefficient (Wildman–Crippen LogP) is 2.49. The Hall–Kier alpha value is -2.87. The molecule has 0 bridgehead atoms. The van der Waals surface area contributed by atoms with Crippen molar-refractivity contribution in [2.75, 3.05) is 25.0 Å². The third-order valence-electron chi connectivity index (χ3n) is 4.62. The van der Waals surface area contributed by atoms with Crippen LogP contribution in [0.3, 0.4) is 0 Å². The Morgan fingerprint density at radius 3 is 2.46 bits per heavy atom. The summed E-state index contributed by atoms with van der Waals surface area (Å²) in [4.78, 5) is 38.1. The summed E-state index contributed by atoms with van der Waals surface area (Å²) >= 11 is 1.44. The van der Waals surface area contributed by atoms with E-state index in [0.717, 1.165) is 4.88 Å². The van der Waals surface area contributed by atoms with Crippen molar-refractivity contribution in [1.82, 2.24) is 4.90 Å². The van der Waals surface area contributed by atoms with Crippen molar-refractivity contribution in [2.45, 2.75) is 19.3 Å². The van der Waals surface area contributed by atoms with Crippen molar-refractivity contribution in [3.8, 4) is 5.75 Å². The van der Waals surface area contributed by atoms with Crippen molar-refractivity contribution in [3.63, 3.8) is 0 Å². The Morgan fingerprint density at radius 2 is 1.86 bits per heavy atom. The maximum atomic E-state index is 12.5. The fourth-order valence-electron chi connectivity index (χ4n) is 3.05. The second kappa shape index (κ2) is 9.36. The molecule has 1 fully saturated rings. The number of nitrogens with zero attached hydrogens (tertiary/aromatic N) is 1. The molecule has 3 rings (SSSR count). The molecule has 148 valence electrons. The van der Waals surface area contributed by atoms with Gasteiger partial charge in [0.2, 0.25) is 11.8 Å². The van der Waals surface area contributed by atoms with E-state index in [0.29, 0.717) is 37.4 Å². The number of nitrogens with two attached hydrogens (primary N) is 1. The van der Waals surface area contributed by atoms with E-state index in [9.17, 15) is 14.4 Å². The summed E-state index contributed by atoms with van der Waals surface area (Å²) in [6.07, 6.45) is 1.46. The molecule has 28 heavy (non-hydrogen) atoms. The molecule has 0 unspecified atom stereocenters.